The third kappa shape index (κ3) is 4.32. The van der Waals surface area contributed by atoms with Crippen LogP contribution >= 0.6 is 11.3 Å². The minimum atomic E-state index is -0.411. The Morgan fingerprint density at radius 3 is 2.02 bits per heavy atom. The van der Waals surface area contributed by atoms with Crippen LogP contribution in [0.5, 0.6) is 0 Å². The summed E-state index contributed by atoms with van der Waals surface area (Å²) >= 11 is 1.02. The van der Waals surface area contributed by atoms with Crippen LogP contribution in [0.4, 0.5) is 17.1 Å². The lowest BCUT2D eigenvalue weighted by Crippen LogP contribution is -2.11. The van der Waals surface area contributed by atoms with Gasteiger partial charge >= 0.3 is 0 Å². The summed E-state index contributed by atoms with van der Waals surface area (Å²) in [5, 5.41) is 2.14. The van der Waals surface area contributed by atoms with Crippen molar-refractivity contribution in [3.8, 4) is 22.3 Å². The van der Waals surface area contributed by atoms with Crippen molar-refractivity contribution in [2.24, 2.45) is 0 Å². The number of nitrogens with zero attached hydrogens (tertiary/aromatic N) is 1. The third-order valence-electron chi connectivity index (χ3n) is 8.16. The summed E-state index contributed by atoms with van der Waals surface area (Å²) < 4.78 is 70.1. The summed E-state index contributed by atoms with van der Waals surface area (Å²) in [5.41, 5.74) is 6.18. The molecule has 0 amide bonds. The van der Waals surface area contributed by atoms with Gasteiger partial charge < -0.3 is 9.32 Å². The molecular weight excluding hydrogens is 567 g/mol. The minimum absolute atomic E-state index is 0.0993. The van der Waals surface area contributed by atoms with Gasteiger partial charge in [-0.05, 0) is 65.1 Å². The van der Waals surface area contributed by atoms with Crippen molar-refractivity contribution in [3.05, 3.63) is 164 Å². The van der Waals surface area contributed by atoms with E-state index in [1.54, 1.807) is 0 Å². The van der Waals surface area contributed by atoms with Crippen LogP contribution in [0.2, 0.25) is 0 Å². The van der Waals surface area contributed by atoms with Crippen LogP contribution in [0.3, 0.4) is 0 Å². The van der Waals surface area contributed by atoms with Gasteiger partial charge in [-0.2, -0.15) is 0 Å². The molecule has 0 bridgehead atoms. The third-order valence-corrected chi connectivity index (χ3v) is 9.18. The maximum Gasteiger partial charge on any atom is 0.160 e. The van der Waals surface area contributed by atoms with Gasteiger partial charge in [0.2, 0.25) is 0 Å². The van der Waals surface area contributed by atoms with E-state index in [2.05, 4.69) is 0 Å². The molecular formula is C42H27NOS. The molecule has 0 saturated carbocycles. The second kappa shape index (κ2) is 10.5. The molecule has 2 aromatic heterocycles. The van der Waals surface area contributed by atoms with Crippen LogP contribution < -0.4 is 4.90 Å². The predicted octanol–water partition coefficient (Wildman–Crippen LogP) is 12.8. The quantitative estimate of drug-likeness (QED) is 0.195. The Morgan fingerprint density at radius 2 is 1.20 bits per heavy atom. The zero-order valence-corrected chi connectivity index (χ0v) is 24.6. The standard InChI is InChI=1S/C42H27NOS/c1-3-11-28(12-4-1)29-19-21-31(22-20-29)43(32-23-26-40-37(27-32)35-16-8-10-18-39(35)45-40)41-33(30-13-5-2-6-14-30)24-25-36-34-15-7-9-17-38(34)44-42(36)41/h1-27H/i8D,10D,16D,18D,23D,26D,27D. The zero-order chi connectivity index (χ0) is 35.8. The Bertz CT molecular complexity index is 2870. The first-order valence-electron chi connectivity index (χ1n) is 18.1. The average molecular weight is 601 g/mol. The van der Waals surface area contributed by atoms with Gasteiger partial charge in [-0.3, -0.25) is 0 Å². The highest BCUT2D eigenvalue weighted by Crippen LogP contribution is 2.48. The van der Waals surface area contributed by atoms with E-state index in [9.17, 15) is 4.11 Å². The first kappa shape index (κ1) is 19.6. The van der Waals surface area contributed by atoms with E-state index < -0.39 is 6.04 Å². The van der Waals surface area contributed by atoms with Crippen LogP contribution in [-0.2, 0) is 0 Å². The van der Waals surface area contributed by atoms with Crippen LogP contribution in [0.15, 0.2) is 168 Å². The number of furan rings is 1. The first-order valence-corrected chi connectivity index (χ1v) is 15.4. The van der Waals surface area contributed by atoms with Crippen LogP contribution in [0, 0.1) is 0 Å². The van der Waals surface area contributed by atoms with Crippen molar-refractivity contribution in [3.63, 3.8) is 0 Å². The molecule has 0 aliphatic heterocycles. The number of thiophene rings is 1. The number of benzene rings is 7. The average Bonchev–Trinajstić information content (AvgIpc) is 3.78. The molecule has 7 aromatic carbocycles. The van der Waals surface area contributed by atoms with Crippen LogP contribution in [0.1, 0.15) is 9.60 Å². The van der Waals surface area contributed by atoms with Gasteiger partial charge in [0.1, 0.15) is 5.58 Å². The van der Waals surface area contributed by atoms with Gasteiger partial charge in [0.05, 0.1) is 15.3 Å². The van der Waals surface area contributed by atoms with Crippen molar-refractivity contribution >= 4 is 70.5 Å². The Morgan fingerprint density at radius 1 is 0.511 bits per heavy atom. The molecule has 0 atom stereocenters. The van der Waals surface area contributed by atoms with Crippen molar-refractivity contribution in [1.29, 1.82) is 0 Å². The van der Waals surface area contributed by atoms with Crippen molar-refractivity contribution < 1.29 is 14.0 Å². The van der Waals surface area contributed by atoms with Gasteiger partial charge in [-0.15, -0.1) is 11.3 Å². The summed E-state index contributed by atoms with van der Waals surface area (Å²) in [5.74, 6) is 0. The Kier molecular flexibility index (Phi) is 4.58. The molecule has 9 aromatic rings. The smallest absolute Gasteiger partial charge is 0.160 e. The number of hydrogen-bond donors (Lipinski definition) is 0. The molecule has 0 fully saturated rings. The van der Waals surface area contributed by atoms with Gasteiger partial charge in [0.15, 0.2) is 5.58 Å². The van der Waals surface area contributed by atoms with E-state index >= 15 is 0 Å². The fourth-order valence-electron chi connectivity index (χ4n) is 6.06. The molecule has 212 valence electrons. The zero-order valence-electron chi connectivity index (χ0n) is 30.8. The summed E-state index contributed by atoms with van der Waals surface area (Å²) in [6, 6.07) is 37.7. The molecule has 0 spiro atoms. The van der Waals surface area contributed by atoms with E-state index in [-0.39, 0.29) is 62.1 Å². The van der Waals surface area contributed by atoms with Gasteiger partial charge in [0, 0.05) is 47.9 Å². The lowest BCUT2D eigenvalue weighted by molar-refractivity contribution is 0.669. The normalized spacial score (nSPS) is 13.7. The topological polar surface area (TPSA) is 16.4 Å². The maximum atomic E-state index is 9.84. The van der Waals surface area contributed by atoms with Crippen LogP contribution in [-0.4, -0.2) is 0 Å². The second-order valence-corrected chi connectivity index (χ2v) is 11.8. The van der Waals surface area contributed by atoms with Gasteiger partial charge in [0.25, 0.3) is 0 Å². The lowest BCUT2D eigenvalue weighted by Gasteiger charge is -2.28. The summed E-state index contributed by atoms with van der Waals surface area (Å²) in [6.07, 6.45) is 0. The largest absolute Gasteiger partial charge is 0.454 e. The number of hydrogen-bond acceptors (Lipinski definition) is 3. The molecule has 9 rings (SSSR count). The van der Waals surface area contributed by atoms with Crippen molar-refractivity contribution in [1.82, 2.24) is 0 Å². The molecule has 45 heavy (non-hydrogen) atoms. The molecule has 2 heterocycles. The van der Waals surface area contributed by atoms with E-state index in [1.807, 2.05) is 126 Å². The van der Waals surface area contributed by atoms with E-state index in [1.165, 1.54) is 0 Å². The highest BCUT2D eigenvalue weighted by atomic mass is 32.1. The molecule has 0 unspecified atom stereocenters. The van der Waals surface area contributed by atoms with Crippen molar-refractivity contribution in [2.75, 3.05) is 4.90 Å². The lowest BCUT2D eigenvalue weighted by atomic mass is 9.98. The molecule has 0 aliphatic carbocycles. The monoisotopic (exact) mass is 600 g/mol. The molecule has 0 N–H and O–H groups in total. The Labute approximate surface area is 274 Å². The maximum absolute atomic E-state index is 9.84. The van der Waals surface area contributed by atoms with E-state index in [0.29, 0.717) is 22.5 Å². The van der Waals surface area contributed by atoms with Crippen molar-refractivity contribution in [2.45, 2.75) is 0 Å². The fourth-order valence-corrected chi connectivity index (χ4v) is 6.97. The Hall–Kier alpha value is -5.64. The number of fused-ring (bicyclic) bond motifs is 6. The summed E-state index contributed by atoms with van der Waals surface area (Å²) in [6.45, 7) is 0. The highest BCUT2D eigenvalue weighted by Gasteiger charge is 2.24. The van der Waals surface area contributed by atoms with E-state index in [4.69, 9.17) is 9.90 Å². The van der Waals surface area contributed by atoms with Crippen LogP contribution in [0.25, 0.3) is 64.4 Å². The first-order chi connectivity index (χ1) is 25.2. The molecule has 0 aliphatic rings. The number of para-hydroxylation sites is 1. The SMILES string of the molecule is [2H]c1c([2H])c([2H])c2c(sc3c([2H])c([2H])c(N(c4ccc(-c5ccccc5)cc4)c4c(-c5ccccc5)ccc5c4oc4ccccc45)c([2H])c32)c1[2H]. The molecule has 0 saturated heterocycles. The number of anilines is 3. The predicted molar refractivity (Wildman–Crippen MR) is 192 cm³/mol. The highest BCUT2D eigenvalue weighted by molar-refractivity contribution is 7.25. The fraction of sp³-hybridized carbons (Fsp3) is 0. The van der Waals surface area contributed by atoms with Gasteiger partial charge in [-0.25, -0.2) is 0 Å². The van der Waals surface area contributed by atoms with E-state index in [0.717, 1.165) is 44.4 Å². The summed E-state index contributed by atoms with van der Waals surface area (Å²) in [4.78, 5) is 1.82. The number of rotatable bonds is 5. The van der Waals surface area contributed by atoms with Gasteiger partial charge in [-0.1, -0.05) is 115 Å². The second-order valence-electron chi connectivity index (χ2n) is 10.8. The molecule has 2 nitrogen and oxygen atoms in total. The minimum Gasteiger partial charge on any atom is -0.454 e. The molecule has 0 radical (unpaired) electrons. The molecule has 3 heteroatoms. The Balaban J connectivity index is 1.44. The summed E-state index contributed by atoms with van der Waals surface area (Å²) in [7, 11) is 0.